The van der Waals surface area contributed by atoms with Crippen LogP contribution in [0.1, 0.15) is 30.9 Å². The van der Waals surface area contributed by atoms with Crippen molar-refractivity contribution in [3.05, 3.63) is 65.4 Å². The molecule has 3 rings (SSSR count). The van der Waals surface area contributed by atoms with Gasteiger partial charge in [0.05, 0.1) is 6.61 Å². The van der Waals surface area contributed by atoms with E-state index < -0.39 is 18.5 Å². The topological polar surface area (TPSA) is 94.4 Å². The Morgan fingerprint density at radius 2 is 1.90 bits per heavy atom. The number of carbonyl (C=O) groups excluding carboxylic acids is 1. The fraction of sp³-hybridized carbons (Fsp3) is 0.227. The Kier molecular flexibility index (Phi) is 6.63. The summed E-state index contributed by atoms with van der Waals surface area (Å²) in [4.78, 5) is 27.2. The Morgan fingerprint density at radius 1 is 1.14 bits per heavy atom. The average Bonchev–Trinajstić information content (AvgIpc) is 3.08. The normalized spacial score (nSPS) is 14.4. The molecule has 0 spiro atoms. The van der Waals surface area contributed by atoms with Gasteiger partial charge in [0.25, 0.3) is 0 Å². The number of benzene rings is 2. The fourth-order valence-electron chi connectivity index (χ4n) is 2.58. The minimum absolute atomic E-state index is 0.106. The van der Waals surface area contributed by atoms with E-state index in [1.54, 1.807) is 48.5 Å². The number of carbonyl (C=O) groups is 2. The van der Waals surface area contributed by atoms with Gasteiger partial charge in [-0.2, -0.15) is 0 Å². The second-order valence-electron chi connectivity index (χ2n) is 6.28. The molecule has 1 N–H and O–H groups in total. The van der Waals surface area contributed by atoms with Gasteiger partial charge in [0, 0.05) is 11.1 Å². The summed E-state index contributed by atoms with van der Waals surface area (Å²) in [6, 6.07) is 14.0. The number of aliphatic carboxylic acids is 1. The van der Waals surface area contributed by atoms with Crippen LogP contribution in [0.3, 0.4) is 0 Å². The number of rotatable bonds is 9. The first-order valence-corrected chi connectivity index (χ1v) is 9.26. The molecular formula is C22H21NO6. The number of esters is 1. The summed E-state index contributed by atoms with van der Waals surface area (Å²) in [6.07, 6.45) is 3.55. The quantitative estimate of drug-likeness (QED) is 0.395. The predicted molar refractivity (Wildman–Crippen MR) is 107 cm³/mol. The third kappa shape index (κ3) is 5.44. The third-order valence-corrected chi connectivity index (χ3v) is 4.05. The van der Waals surface area contributed by atoms with Gasteiger partial charge in [-0.15, -0.1) is 0 Å². The SMILES string of the molecule is CCCCOc1ccc(C2=NC(=Cc3ccccc3OCC(=O)O)C(=O)O2)cc1. The molecule has 0 saturated heterocycles. The van der Waals surface area contributed by atoms with E-state index in [0.717, 1.165) is 18.6 Å². The van der Waals surface area contributed by atoms with Gasteiger partial charge in [-0.25, -0.2) is 14.6 Å². The summed E-state index contributed by atoms with van der Waals surface area (Å²) in [5.41, 5.74) is 1.29. The molecule has 0 saturated carbocycles. The number of unbranched alkanes of at least 4 members (excludes halogenated alkanes) is 1. The van der Waals surface area contributed by atoms with Gasteiger partial charge >= 0.3 is 11.9 Å². The number of para-hydroxylation sites is 1. The Balaban J connectivity index is 1.77. The number of hydrogen-bond acceptors (Lipinski definition) is 6. The zero-order chi connectivity index (χ0) is 20.6. The van der Waals surface area contributed by atoms with E-state index in [0.29, 0.717) is 23.5 Å². The Morgan fingerprint density at radius 3 is 2.62 bits per heavy atom. The highest BCUT2D eigenvalue weighted by atomic mass is 16.6. The molecule has 7 nitrogen and oxygen atoms in total. The molecule has 1 heterocycles. The first-order chi connectivity index (χ1) is 14.1. The van der Waals surface area contributed by atoms with Crippen molar-refractivity contribution < 1.29 is 28.9 Å². The van der Waals surface area contributed by atoms with E-state index in [1.807, 2.05) is 0 Å². The third-order valence-electron chi connectivity index (χ3n) is 4.05. The predicted octanol–water partition coefficient (Wildman–Crippen LogP) is 3.67. The van der Waals surface area contributed by atoms with Crippen LogP contribution in [-0.4, -0.2) is 36.2 Å². The summed E-state index contributed by atoms with van der Waals surface area (Å²) < 4.78 is 16.1. The largest absolute Gasteiger partial charge is 0.494 e. The van der Waals surface area contributed by atoms with Crippen molar-refractivity contribution in [2.45, 2.75) is 19.8 Å². The van der Waals surface area contributed by atoms with Crippen LogP contribution in [-0.2, 0) is 14.3 Å². The van der Waals surface area contributed by atoms with Gasteiger partial charge in [0.1, 0.15) is 11.5 Å². The summed E-state index contributed by atoms with van der Waals surface area (Å²) in [6.45, 7) is 2.27. The van der Waals surface area contributed by atoms with Crippen LogP contribution >= 0.6 is 0 Å². The zero-order valence-corrected chi connectivity index (χ0v) is 16.0. The van der Waals surface area contributed by atoms with E-state index in [1.165, 1.54) is 6.08 Å². The highest BCUT2D eigenvalue weighted by Gasteiger charge is 2.24. The number of nitrogens with zero attached hydrogens (tertiary/aromatic N) is 1. The summed E-state index contributed by atoms with van der Waals surface area (Å²) in [5.74, 6) is -0.392. The Bertz CT molecular complexity index is 946. The lowest BCUT2D eigenvalue weighted by Gasteiger charge is -2.06. The Labute approximate surface area is 168 Å². The highest BCUT2D eigenvalue weighted by molar-refractivity contribution is 6.13. The zero-order valence-electron chi connectivity index (χ0n) is 16.0. The lowest BCUT2D eigenvalue weighted by Crippen LogP contribution is -2.10. The molecule has 0 unspecified atom stereocenters. The van der Waals surface area contributed by atoms with Gasteiger partial charge in [0.2, 0.25) is 5.90 Å². The second kappa shape index (κ2) is 9.54. The number of ether oxygens (including phenoxy) is 3. The van der Waals surface area contributed by atoms with Crippen LogP contribution in [0.15, 0.2) is 59.2 Å². The first kappa shape index (κ1) is 20.1. The number of carboxylic acids is 1. The monoisotopic (exact) mass is 395 g/mol. The molecule has 0 bridgehead atoms. The van der Waals surface area contributed by atoms with Crippen molar-refractivity contribution in [1.29, 1.82) is 0 Å². The fourth-order valence-corrected chi connectivity index (χ4v) is 2.58. The molecule has 0 aliphatic carbocycles. The summed E-state index contributed by atoms with van der Waals surface area (Å²) >= 11 is 0. The summed E-state index contributed by atoms with van der Waals surface area (Å²) in [5, 5.41) is 8.79. The average molecular weight is 395 g/mol. The standard InChI is InChI=1S/C22H21NO6/c1-2-3-12-27-17-10-8-15(9-11-17)21-23-18(22(26)29-21)13-16-6-4-5-7-19(16)28-14-20(24)25/h4-11,13H,2-3,12,14H2,1H3,(H,24,25). The molecule has 1 aliphatic rings. The summed E-state index contributed by atoms with van der Waals surface area (Å²) in [7, 11) is 0. The lowest BCUT2D eigenvalue weighted by atomic mass is 10.1. The molecule has 0 radical (unpaired) electrons. The molecule has 150 valence electrons. The van der Waals surface area contributed by atoms with Crippen LogP contribution in [0, 0.1) is 0 Å². The van der Waals surface area contributed by atoms with Crippen molar-refractivity contribution in [2.24, 2.45) is 4.99 Å². The van der Waals surface area contributed by atoms with Gasteiger partial charge in [0.15, 0.2) is 12.3 Å². The van der Waals surface area contributed by atoms with Crippen molar-refractivity contribution in [2.75, 3.05) is 13.2 Å². The van der Waals surface area contributed by atoms with E-state index in [-0.39, 0.29) is 11.6 Å². The van der Waals surface area contributed by atoms with E-state index in [2.05, 4.69) is 11.9 Å². The van der Waals surface area contributed by atoms with Gasteiger partial charge < -0.3 is 19.3 Å². The first-order valence-electron chi connectivity index (χ1n) is 9.26. The maximum Gasteiger partial charge on any atom is 0.363 e. The van der Waals surface area contributed by atoms with Crippen LogP contribution < -0.4 is 9.47 Å². The van der Waals surface area contributed by atoms with Crippen LogP contribution in [0.2, 0.25) is 0 Å². The molecule has 0 aromatic heterocycles. The molecule has 2 aromatic carbocycles. The minimum atomic E-state index is -1.09. The molecule has 0 atom stereocenters. The number of carboxylic acid groups (broad SMARTS) is 1. The van der Waals surface area contributed by atoms with Crippen LogP contribution in [0.5, 0.6) is 11.5 Å². The molecule has 7 heteroatoms. The molecule has 0 fully saturated rings. The van der Waals surface area contributed by atoms with Gasteiger partial charge in [-0.3, -0.25) is 0 Å². The number of cyclic esters (lactones) is 1. The smallest absolute Gasteiger partial charge is 0.363 e. The lowest BCUT2D eigenvalue weighted by molar-refractivity contribution is -0.139. The van der Waals surface area contributed by atoms with Crippen LogP contribution in [0.4, 0.5) is 0 Å². The minimum Gasteiger partial charge on any atom is -0.494 e. The molecular weight excluding hydrogens is 374 g/mol. The van der Waals surface area contributed by atoms with Gasteiger partial charge in [-0.1, -0.05) is 31.5 Å². The maximum absolute atomic E-state index is 12.2. The molecule has 29 heavy (non-hydrogen) atoms. The maximum atomic E-state index is 12.2. The van der Waals surface area contributed by atoms with Crippen molar-refractivity contribution in [3.8, 4) is 11.5 Å². The van der Waals surface area contributed by atoms with Crippen molar-refractivity contribution in [3.63, 3.8) is 0 Å². The second-order valence-corrected chi connectivity index (χ2v) is 6.28. The number of hydrogen-bond donors (Lipinski definition) is 1. The Hall–Kier alpha value is -3.61. The van der Waals surface area contributed by atoms with E-state index in [9.17, 15) is 9.59 Å². The molecule has 0 amide bonds. The molecule has 1 aliphatic heterocycles. The van der Waals surface area contributed by atoms with E-state index in [4.69, 9.17) is 19.3 Å². The van der Waals surface area contributed by atoms with Crippen molar-refractivity contribution >= 4 is 23.9 Å². The van der Waals surface area contributed by atoms with Crippen molar-refractivity contribution in [1.82, 2.24) is 0 Å². The molecule has 2 aromatic rings. The van der Waals surface area contributed by atoms with Gasteiger partial charge in [-0.05, 0) is 42.8 Å². The number of aliphatic imine (C=N–C) groups is 1. The van der Waals surface area contributed by atoms with E-state index >= 15 is 0 Å². The highest BCUT2D eigenvalue weighted by Crippen LogP contribution is 2.25. The van der Waals surface area contributed by atoms with Crippen LogP contribution in [0.25, 0.3) is 6.08 Å².